The topological polar surface area (TPSA) is 75.8 Å². The first kappa shape index (κ1) is 13.7. The summed E-state index contributed by atoms with van der Waals surface area (Å²) < 4.78 is 5.21. The molecule has 1 aliphatic heterocycles. The molecule has 0 bridgehead atoms. The monoisotopic (exact) mass is 264 g/mol. The minimum atomic E-state index is -0.0513. The molecule has 1 heterocycles. The molecule has 0 radical (unpaired) electrons. The summed E-state index contributed by atoms with van der Waals surface area (Å²) in [5.74, 6) is 0.885. The molecule has 1 fully saturated rings. The van der Waals surface area contributed by atoms with Crippen molar-refractivity contribution >= 4 is 11.6 Å². The van der Waals surface area contributed by atoms with Gasteiger partial charge >= 0.3 is 0 Å². The fraction of sp³-hybridized carbons (Fsp3) is 0.500. The van der Waals surface area contributed by atoms with E-state index in [1.54, 1.807) is 30.2 Å². The molecule has 1 aromatic rings. The second-order valence-electron chi connectivity index (χ2n) is 4.88. The highest BCUT2D eigenvalue weighted by Crippen LogP contribution is 2.26. The molecule has 0 aliphatic carbocycles. The molecule has 1 unspecified atom stereocenters. The van der Waals surface area contributed by atoms with Gasteiger partial charge in [-0.25, -0.2) is 0 Å². The number of anilines is 1. The summed E-state index contributed by atoms with van der Waals surface area (Å²) in [6, 6.07) is 5.08. The number of likely N-dealkylation sites (tertiary alicyclic amines) is 1. The molecular weight excluding hydrogens is 244 g/mol. The third-order valence-corrected chi connectivity index (χ3v) is 3.56. The molecule has 0 aromatic heterocycles. The lowest BCUT2D eigenvalue weighted by molar-refractivity contribution is 0.0781. The Hall–Kier alpha value is -1.75. The van der Waals surface area contributed by atoms with Gasteiger partial charge in [0.2, 0.25) is 0 Å². The zero-order valence-electron chi connectivity index (χ0n) is 11.1. The van der Waals surface area contributed by atoms with Crippen LogP contribution in [0.4, 0.5) is 5.69 Å². The molecule has 104 valence electrons. The van der Waals surface area contributed by atoms with E-state index in [1.165, 1.54) is 0 Å². The van der Waals surface area contributed by atoms with Crippen molar-refractivity contribution in [1.29, 1.82) is 0 Å². The summed E-state index contributed by atoms with van der Waals surface area (Å²) in [6.07, 6.45) is 1.69. The predicted octanol–water partition coefficient (Wildman–Crippen LogP) is 1.12. The average Bonchev–Trinajstić information content (AvgIpc) is 2.87. The zero-order valence-corrected chi connectivity index (χ0v) is 11.1. The zero-order chi connectivity index (χ0) is 13.8. The average molecular weight is 264 g/mol. The maximum absolute atomic E-state index is 12.5. The van der Waals surface area contributed by atoms with Crippen LogP contribution in [0.2, 0.25) is 0 Å². The van der Waals surface area contributed by atoms with Crippen LogP contribution in [0, 0.1) is 5.92 Å². The van der Waals surface area contributed by atoms with Gasteiger partial charge in [0.15, 0.2) is 0 Å². The van der Waals surface area contributed by atoms with Gasteiger partial charge in [0, 0.05) is 25.4 Å². The number of ether oxygens (including phenoxy) is 1. The number of carbonyl (C=O) groups is 1. The minimum Gasteiger partial charge on any atom is -0.496 e. The highest BCUT2D eigenvalue weighted by Gasteiger charge is 2.28. The van der Waals surface area contributed by atoms with Crippen LogP contribution in [-0.4, -0.2) is 42.7 Å². The van der Waals surface area contributed by atoms with Gasteiger partial charge in [0.05, 0.1) is 12.7 Å². The van der Waals surface area contributed by atoms with Gasteiger partial charge in [0.1, 0.15) is 5.75 Å². The third-order valence-electron chi connectivity index (χ3n) is 3.56. The Morgan fingerprint density at radius 1 is 1.58 bits per heavy atom. The number of carbonyl (C=O) groups excluding carboxylic acids is 1. The first-order valence-electron chi connectivity index (χ1n) is 6.49. The van der Waals surface area contributed by atoms with E-state index in [-0.39, 0.29) is 12.5 Å². The van der Waals surface area contributed by atoms with Crippen molar-refractivity contribution in [3.05, 3.63) is 23.8 Å². The quantitative estimate of drug-likeness (QED) is 0.799. The van der Waals surface area contributed by atoms with Crippen molar-refractivity contribution < 1.29 is 14.6 Å². The normalized spacial score (nSPS) is 18.6. The highest BCUT2D eigenvalue weighted by molar-refractivity contribution is 5.98. The number of nitrogens with zero attached hydrogens (tertiary/aromatic N) is 1. The number of benzene rings is 1. The first-order valence-corrected chi connectivity index (χ1v) is 6.49. The van der Waals surface area contributed by atoms with Crippen molar-refractivity contribution in [2.75, 3.05) is 32.5 Å². The molecule has 1 saturated heterocycles. The molecule has 19 heavy (non-hydrogen) atoms. The number of aliphatic hydroxyl groups excluding tert-OH is 1. The molecule has 1 aliphatic rings. The van der Waals surface area contributed by atoms with E-state index >= 15 is 0 Å². The maximum Gasteiger partial charge on any atom is 0.257 e. The summed E-state index contributed by atoms with van der Waals surface area (Å²) in [7, 11) is 1.54. The number of rotatable bonds is 4. The van der Waals surface area contributed by atoms with Gasteiger partial charge in [-0.1, -0.05) is 0 Å². The second kappa shape index (κ2) is 5.93. The van der Waals surface area contributed by atoms with Crippen LogP contribution >= 0.6 is 0 Å². The van der Waals surface area contributed by atoms with Gasteiger partial charge in [-0.3, -0.25) is 4.79 Å². The Morgan fingerprint density at radius 3 is 3.05 bits per heavy atom. The smallest absolute Gasteiger partial charge is 0.257 e. The second-order valence-corrected chi connectivity index (χ2v) is 4.88. The molecule has 1 aromatic carbocycles. The molecule has 2 rings (SSSR count). The number of hydrogen-bond donors (Lipinski definition) is 2. The fourth-order valence-corrected chi connectivity index (χ4v) is 2.50. The summed E-state index contributed by atoms with van der Waals surface area (Å²) in [4.78, 5) is 14.3. The molecule has 1 atom stereocenters. The summed E-state index contributed by atoms with van der Waals surface area (Å²) in [5.41, 5.74) is 6.79. The molecule has 0 spiro atoms. The summed E-state index contributed by atoms with van der Waals surface area (Å²) >= 11 is 0. The van der Waals surface area contributed by atoms with Crippen molar-refractivity contribution in [3.8, 4) is 5.75 Å². The number of hydrogen-bond acceptors (Lipinski definition) is 4. The van der Waals surface area contributed by atoms with E-state index in [0.717, 1.165) is 19.4 Å². The standard InChI is InChI=1S/C14H20N2O3/c1-19-13-3-2-11(15)8-12(13)14(18)16-6-4-10(9-16)5-7-17/h2-3,8,10,17H,4-7,9,15H2,1H3. The van der Waals surface area contributed by atoms with Crippen molar-refractivity contribution in [1.82, 2.24) is 4.90 Å². The van der Waals surface area contributed by atoms with Gasteiger partial charge < -0.3 is 20.5 Å². The SMILES string of the molecule is COc1ccc(N)cc1C(=O)N1CCC(CCO)C1. The molecule has 5 nitrogen and oxygen atoms in total. The molecule has 0 saturated carbocycles. The Kier molecular flexibility index (Phi) is 4.27. The molecule has 5 heteroatoms. The predicted molar refractivity (Wildman–Crippen MR) is 73.1 cm³/mol. The fourth-order valence-electron chi connectivity index (χ4n) is 2.50. The van der Waals surface area contributed by atoms with E-state index < -0.39 is 0 Å². The number of nitrogens with two attached hydrogens (primary N) is 1. The van der Waals surface area contributed by atoms with Crippen LogP contribution in [0.25, 0.3) is 0 Å². The lowest BCUT2D eigenvalue weighted by atomic mass is 10.1. The van der Waals surface area contributed by atoms with Gasteiger partial charge in [-0.2, -0.15) is 0 Å². The maximum atomic E-state index is 12.5. The van der Waals surface area contributed by atoms with E-state index in [0.29, 0.717) is 29.5 Å². The number of amides is 1. The highest BCUT2D eigenvalue weighted by atomic mass is 16.5. The van der Waals surface area contributed by atoms with Crippen LogP contribution < -0.4 is 10.5 Å². The summed E-state index contributed by atoms with van der Waals surface area (Å²) in [6.45, 7) is 1.59. The van der Waals surface area contributed by atoms with Crippen LogP contribution in [0.5, 0.6) is 5.75 Å². The number of aliphatic hydroxyl groups is 1. The lowest BCUT2D eigenvalue weighted by Gasteiger charge is -2.18. The van der Waals surface area contributed by atoms with Crippen molar-refractivity contribution in [3.63, 3.8) is 0 Å². The van der Waals surface area contributed by atoms with E-state index in [9.17, 15) is 4.79 Å². The molecular formula is C14H20N2O3. The van der Waals surface area contributed by atoms with Crippen molar-refractivity contribution in [2.24, 2.45) is 5.92 Å². The van der Waals surface area contributed by atoms with Crippen LogP contribution in [0.1, 0.15) is 23.2 Å². The Labute approximate surface area is 113 Å². The van der Waals surface area contributed by atoms with Crippen LogP contribution in [0.3, 0.4) is 0 Å². The van der Waals surface area contributed by atoms with Gasteiger partial charge in [-0.15, -0.1) is 0 Å². The van der Waals surface area contributed by atoms with E-state index in [2.05, 4.69) is 0 Å². The van der Waals surface area contributed by atoms with E-state index in [4.69, 9.17) is 15.6 Å². The number of methoxy groups -OCH3 is 1. The molecule has 3 N–H and O–H groups in total. The van der Waals surface area contributed by atoms with Gasteiger partial charge in [0.25, 0.3) is 5.91 Å². The Bertz CT molecular complexity index is 462. The van der Waals surface area contributed by atoms with Gasteiger partial charge in [-0.05, 0) is 37.0 Å². The number of nitrogen functional groups attached to an aromatic ring is 1. The molecule has 1 amide bonds. The van der Waals surface area contributed by atoms with Crippen LogP contribution in [0.15, 0.2) is 18.2 Å². The first-order chi connectivity index (χ1) is 9.15. The lowest BCUT2D eigenvalue weighted by Crippen LogP contribution is -2.29. The minimum absolute atomic E-state index is 0.0513. The Morgan fingerprint density at radius 2 is 2.37 bits per heavy atom. The largest absolute Gasteiger partial charge is 0.496 e. The Balaban J connectivity index is 2.14. The summed E-state index contributed by atoms with van der Waals surface area (Å²) in [5, 5.41) is 8.95. The third kappa shape index (κ3) is 2.98. The van der Waals surface area contributed by atoms with Crippen LogP contribution in [-0.2, 0) is 0 Å². The van der Waals surface area contributed by atoms with Crippen molar-refractivity contribution in [2.45, 2.75) is 12.8 Å². The van der Waals surface area contributed by atoms with E-state index in [1.807, 2.05) is 0 Å².